The standard InChI is InChI=1S/C23H30F3N3.C2H6.HIS/c1-6-18-9-11-28-22(14-18)29-20-8-7-10-27-21(20)12-16(4)19(15(2)3)13-17(5)23(24,25)26;2*1-2/h9,11-15,20,27H,4-8,10H2,1-3H3,(H,28,29);1-2H3;2H/b19-13+,21-12-;;. The van der Waals surface area contributed by atoms with Crippen LogP contribution in [0.25, 0.3) is 0 Å². The van der Waals surface area contributed by atoms with E-state index in [9.17, 15) is 13.2 Å². The minimum Gasteiger partial charge on any atom is -0.387 e. The minimum absolute atomic E-state index is 0.000615. The molecular formula is C25H37F3IN3S. The normalized spacial score (nSPS) is 17.2. The molecule has 33 heavy (non-hydrogen) atoms. The zero-order valence-corrected chi connectivity index (χ0v) is 23.2. The van der Waals surface area contributed by atoms with Crippen LogP contribution in [-0.2, 0) is 6.42 Å². The van der Waals surface area contributed by atoms with E-state index in [1.807, 2.05) is 67.1 Å². The number of thiol groups is 1. The third-order valence-electron chi connectivity index (χ3n) is 4.95. The molecule has 1 saturated heterocycles. The van der Waals surface area contributed by atoms with Gasteiger partial charge in [-0.05, 0) is 87.4 Å². The molecule has 1 aliphatic rings. The predicted octanol–water partition coefficient (Wildman–Crippen LogP) is 8.24. The Labute approximate surface area is 215 Å². The van der Waals surface area contributed by atoms with Crippen LogP contribution in [0.2, 0.25) is 0 Å². The molecule has 1 aromatic heterocycles. The van der Waals surface area contributed by atoms with Crippen LogP contribution in [-0.4, -0.2) is 23.7 Å². The summed E-state index contributed by atoms with van der Waals surface area (Å²) < 4.78 is 38.8. The predicted molar refractivity (Wildman–Crippen MR) is 148 cm³/mol. The molecule has 0 bridgehead atoms. The summed E-state index contributed by atoms with van der Waals surface area (Å²) in [5.74, 6) is 0.677. The largest absolute Gasteiger partial charge is 0.415 e. The third-order valence-corrected chi connectivity index (χ3v) is 4.95. The number of halogens is 4. The smallest absolute Gasteiger partial charge is 0.387 e. The van der Waals surface area contributed by atoms with E-state index in [-0.39, 0.29) is 12.0 Å². The monoisotopic (exact) mass is 595 g/mol. The Balaban J connectivity index is 0.00000242. The van der Waals surface area contributed by atoms with E-state index in [1.54, 1.807) is 6.20 Å². The van der Waals surface area contributed by atoms with Crippen molar-refractivity contribution in [2.45, 2.75) is 66.1 Å². The van der Waals surface area contributed by atoms with Crippen LogP contribution < -0.4 is 10.6 Å². The number of rotatable bonds is 7. The van der Waals surface area contributed by atoms with Crippen molar-refractivity contribution in [3.63, 3.8) is 0 Å². The van der Waals surface area contributed by atoms with Gasteiger partial charge in [0.25, 0.3) is 0 Å². The zero-order chi connectivity index (χ0) is 25.6. The molecule has 1 atom stereocenters. The van der Waals surface area contributed by atoms with Crippen molar-refractivity contribution >= 4 is 36.8 Å². The van der Waals surface area contributed by atoms with Gasteiger partial charge in [-0.25, -0.2) is 4.98 Å². The number of hydrogen-bond acceptors (Lipinski definition) is 4. The van der Waals surface area contributed by atoms with Crippen molar-refractivity contribution in [2.75, 3.05) is 11.9 Å². The van der Waals surface area contributed by atoms with Gasteiger partial charge in [0, 0.05) is 24.0 Å². The zero-order valence-electron chi connectivity index (χ0n) is 20.2. The number of piperidine rings is 1. The number of hydrogen-bond donors (Lipinski definition) is 3. The second kappa shape index (κ2) is 16.2. The van der Waals surface area contributed by atoms with E-state index in [1.165, 1.54) is 5.56 Å². The van der Waals surface area contributed by atoms with E-state index < -0.39 is 11.7 Å². The van der Waals surface area contributed by atoms with Gasteiger partial charge < -0.3 is 10.6 Å². The molecule has 0 radical (unpaired) electrons. The van der Waals surface area contributed by atoms with Gasteiger partial charge in [0.2, 0.25) is 0 Å². The number of aromatic nitrogens is 1. The molecule has 2 N–H and O–H groups in total. The van der Waals surface area contributed by atoms with Gasteiger partial charge in [-0.1, -0.05) is 47.8 Å². The van der Waals surface area contributed by atoms with Crippen LogP contribution in [0.15, 0.2) is 66.1 Å². The highest BCUT2D eigenvalue weighted by Gasteiger charge is 2.31. The molecular weight excluding hydrogens is 558 g/mol. The van der Waals surface area contributed by atoms with E-state index in [0.29, 0.717) is 11.1 Å². The van der Waals surface area contributed by atoms with Crippen molar-refractivity contribution in [1.82, 2.24) is 10.3 Å². The Kier molecular flexibility index (Phi) is 15.5. The summed E-state index contributed by atoms with van der Waals surface area (Å²) >= 11 is 1.84. The maximum atomic E-state index is 12.9. The number of pyridine rings is 1. The van der Waals surface area contributed by atoms with E-state index in [0.717, 1.165) is 43.4 Å². The summed E-state index contributed by atoms with van der Waals surface area (Å²) in [5, 5.41) is 6.81. The molecule has 0 amide bonds. The summed E-state index contributed by atoms with van der Waals surface area (Å²) in [7, 11) is 3.50. The topological polar surface area (TPSA) is 37.0 Å². The highest BCUT2D eigenvalue weighted by atomic mass is 127. The number of aryl methyl sites for hydroxylation is 1. The number of nitrogens with one attached hydrogen (secondary N) is 2. The highest BCUT2D eigenvalue weighted by Crippen LogP contribution is 2.30. The number of anilines is 1. The van der Waals surface area contributed by atoms with Crippen molar-refractivity contribution in [2.24, 2.45) is 5.92 Å². The van der Waals surface area contributed by atoms with Crippen LogP contribution in [0.1, 0.15) is 53.0 Å². The Morgan fingerprint density at radius 1 is 1.33 bits per heavy atom. The second-order valence-corrected chi connectivity index (χ2v) is 7.57. The van der Waals surface area contributed by atoms with Crippen LogP contribution in [0.5, 0.6) is 0 Å². The fraction of sp³-hybridized carbons (Fsp3) is 0.480. The molecule has 1 aromatic rings. The molecule has 0 spiro atoms. The van der Waals surface area contributed by atoms with Crippen LogP contribution in [0.3, 0.4) is 0 Å². The molecule has 3 nitrogen and oxygen atoms in total. The lowest BCUT2D eigenvalue weighted by atomic mass is 9.91. The second-order valence-electron chi connectivity index (χ2n) is 7.57. The lowest BCUT2D eigenvalue weighted by molar-refractivity contribution is -0.0878. The molecule has 0 saturated carbocycles. The van der Waals surface area contributed by atoms with Crippen LogP contribution in [0.4, 0.5) is 19.0 Å². The lowest BCUT2D eigenvalue weighted by Crippen LogP contribution is -2.36. The van der Waals surface area contributed by atoms with Gasteiger partial charge in [-0.15, -0.1) is 9.80 Å². The lowest BCUT2D eigenvalue weighted by Gasteiger charge is -2.29. The van der Waals surface area contributed by atoms with Crippen molar-refractivity contribution < 1.29 is 13.2 Å². The number of allylic oxidation sites excluding steroid dienone is 5. The molecule has 2 heterocycles. The molecule has 1 fully saturated rings. The summed E-state index contributed by atoms with van der Waals surface area (Å²) in [6.45, 7) is 17.8. The Bertz CT molecular complexity index is 817. The Morgan fingerprint density at radius 3 is 2.52 bits per heavy atom. The molecule has 8 heteroatoms. The fourth-order valence-corrected chi connectivity index (χ4v) is 3.24. The molecule has 0 aromatic carbocycles. The Morgan fingerprint density at radius 2 is 1.97 bits per heavy atom. The van der Waals surface area contributed by atoms with Gasteiger partial charge in [0.1, 0.15) is 5.82 Å². The summed E-state index contributed by atoms with van der Waals surface area (Å²) in [6.07, 6.45) is 3.09. The van der Waals surface area contributed by atoms with E-state index in [2.05, 4.69) is 45.5 Å². The SMILES string of the molecule is C=C(/C=C1\NCCCC1Nc1cc(CC)ccn1)/C(=C/C(=C)C(F)(F)F)C(C)C.CC.SI. The minimum atomic E-state index is -4.45. The van der Waals surface area contributed by atoms with Gasteiger partial charge in [-0.2, -0.15) is 13.2 Å². The summed E-state index contributed by atoms with van der Waals surface area (Å²) in [4.78, 5) is 4.39. The van der Waals surface area contributed by atoms with Gasteiger partial charge in [0.05, 0.1) is 6.04 Å². The average Bonchev–Trinajstić information content (AvgIpc) is 2.80. The average molecular weight is 596 g/mol. The van der Waals surface area contributed by atoms with Gasteiger partial charge in [-0.3, -0.25) is 0 Å². The number of alkyl halides is 3. The summed E-state index contributed by atoms with van der Waals surface area (Å²) in [5.41, 5.74) is 2.31. The summed E-state index contributed by atoms with van der Waals surface area (Å²) in [6, 6.07) is 4.00. The molecule has 1 unspecified atom stereocenters. The quantitative estimate of drug-likeness (QED) is 0.169. The molecule has 0 aliphatic carbocycles. The fourth-order valence-electron chi connectivity index (χ4n) is 3.24. The molecule has 2 rings (SSSR count). The van der Waals surface area contributed by atoms with Crippen molar-refractivity contribution in [1.29, 1.82) is 0 Å². The highest BCUT2D eigenvalue weighted by molar-refractivity contribution is 14.2. The molecule has 186 valence electrons. The maximum absolute atomic E-state index is 12.9. The third kappa shape index (κ3) is 11.0. The van der Waals surface area contributed by atoms with Gasteiger partial charge in [0.15, 0.2) is 0 Å². The van der Waals surface area contributed by atoms with E-state index in [4.69, 9.17) is 0 Å². The van der Waals surface area contributed by atoms with Crippen molar-refractivity contribution in [3.8, 4) is 0 Å². The van der Waals surface area contributed by atoms with Gasteiger partial charge >= 0.3 is 6.18 Å². The number of nitrogens with zero attached hydrogens (tertiary/aromatic N) is 1. The van der Waals surface area contributed by atoms with Crippen LogP contribution in [0, 0.1) is 5.92 Å². The van der Waals surface area contributed by atoms with Crippen molar-refractivity contribution in [3.05, 3.63) is 71.6 Å². The first-order valence-corrected chi connectivity index (χ1v) is 14.4. The van der Waals surface area contributed by atoms with Crippen LogP contribution >= 0.6 is 31.0 Å². The van der Waals surface area contributed by atoms with E-state index >= 15 is 0 Å². The first-order chi connectivity index (χ1) is 15.6. The maximum Gasteiger partial charge on any atom is 0.415 e. The first kappa shape index (κ1) is 31.6. The Hall–Kier alpha value is -1.42. The molecule has 1 aliphatic heterocycles. The first-order valence-electron chi connectivity index (χ1n) is 11.1.